The summed E-state index contributed by atoms with van der Waals surface area (Å²) in [5.74, 6) is 1.19. The summed E-state index contributed by atoms with van der Waals surface area (Å²) in [5, 5.41) is 2.53. The molecule has 1 aliphatic heterocycles. The van der Waals surface area contributed by atoms with E-state index >= 15 is 0 Å². The molecule has 0 saturated carbocycles. The van der Waals surface area contributed by atoms with Gasteiger partial charge in [0.25, 0.3) is 0 Å². The van der Waals surface area contributed by atoms with E-state index in [2.05, 4.69) is 42.5 Å². The summed E-state index contributed by atoms with van der Waals surface area (Å²) in [5.41, 5.74) is 2.71. The first-order valence-electron chi connectivity index (χ1n) is 6.02. The maximum absolute atomic E-state index is 4.78. The molecule has 3 heterocycles. The Morgan fingerprint density at radius 3 is 2.83 bits per heavy atom. The average molecular weight is 269 g/mol. The molecule has 18 heavy (non-hydrogen) atoms. The Hall–Kier alpha value is -1.32. The minimum absolute atomic E-state index is 1.17. The van der Waals surface area contributed by atoms with Crippen LogP contribution in [0.3, 0.4) is 0 Å². The zero-order chi connectivity index (χ0) is 11.9. The van der Waals surface area contributed by atoms with Crippen LogP contribution >= 0.6 is 23.1 Å². The van der Waals surface area contributed by atoms with Crippen molar-refractivity contribution in [2.24, 2.45) is 0 Å². The summed E-state index contributed by atoms with van der Waals surface area (Å²) in [6.07, 6.45) is 1.17. The molecule has 0 bridgehead atoms. The Morgan fingerprint density at radius 2 is 1.94 bits per heavy atom. The van der Waals surface area contributed by atoms with Crippen molar-refractivity contribution < 1.29 is 0 Å². The zero-order valence-electron chi connectivity index (χ0n) is 9.72. The van der Waals surface area contributed by atoms with Gasteiger partial charge in [-0.05, 0) is 29.7 Å². The summed E-state index contributed by atoms with van der Waals surface area (Å²) >= 11 is 3.68. The maximum Gasteiger partial charge on any atom is 0.125 e. The number of benzene rings is 1. The van der Waals surface area contributed by atoms with Gasteiger partial charge in [-0.1, -0.05) is 30.3 Å². The lowest BCUT2D eigenvalue weighted by Crippen LogP contribution is -1.82. The molecule has 3 heteroatoms. The highest BCUT2D eigenvalue weighted by Gasteiger charge is 2.15. The van der Waals surface area contributed by atoms with Crippen molar-refractivity contribution in [3.63, 3.8) is 0 Å². The number of aromatic nitrogens is 1. The van der Waals surface area contributed by atoms with E-state index in [1.165, 1.54) is 43.4 Å². The molecule has 88 valence electrons. The molecule has 0 aliphatic carbocycles. The number of aryl methyl sites for hydroxylation is 1. The van der Waals surface area contributed by atoms with Crippen LogP contribution in [-0.2, 0) is 6.42 Å². The Kier molecular flexibility index (Phi) is 2.42. The summed E-state index contributed by atoms with van der Waals surface area (Å²) in [6.45, 7) is 0. The fourth-order valence-electron chi connectivity index (χ4n) is 2.31. The maximum atomic E-state index is 4.78. The molecular weight excluding hydrogens is 258 g/mol. The summed E-state index contributed by atoms with van der Waals surface area (Å²) in [4.78, 5) is 7.26. The van der Waals surface area contributed by atoms with E-state index < -0.39 is 0 Å². The lowest BCUT2D eigenvalue weighted by molar-refractivity contribution is 1.08. The van der Waals surface area contributed by atoms with Crippen molar-refractivity contribution in [3.05, 3.63) is 48.0 Å². The van der Waals surface area contributed by atoms with Gasteiger partial charge in [0, 0.05) is 16.0 Å². The minimum Gasteiger partial charge on any atom is -0.230 e. The SMILES string of the molecule is c1ccc(-c2cc3cc4c(nc3s2)SCC4)cc1. The summed E-state index contributed by atoms with van der Waals surface area (Å²) < 4.78 is 0. The van der Waals surface area contributed by atoms with Crippen LogP contribution in [-0.4, -0.2) is 10.7 Å². The largest absolute Gasteiger partial charge is 0.230 e. The van der Waals surface area contributed by atoms with E-state index in [4.69, 9.17) is 4.98 Å². The summed E-state index contributed by atoms with van der Waals surface area (Å²) in [6, 6.07) is 15.1. The van der Waals surface area contributed by atoms with Crippen LogP contribution in [0.25, 0.3) is 20.7 Å². The smallest absolute Gasteiger partial charge is 0.125 e. The predicted molar refractivity (Wildman–Crippen MR) is 79.5 cm³/mol. The van der Waals surface area contributed by atoms with E-state index in [-0.39, 0.29) is 0 Å². The van der Waals surface area contributed by atoms with Gasteiger partial charge in [-0.2, -0.15) is 0 Å². The fourth-order valence-corrected chi connectivity index (χ4v) is 4.40. The molecule has 2 aromatic heterocycles. The van der Waals surface area contributed by atoms with Crippen LogP contribution in [0.4, 0.5) is 0 Å². The molecule has 3 aromatic rings. The van der Waals surface area contributed by atoms with Crippen LogP contribution in [0, 0.1) is 0 Å². The molecule has 0 spiro atoms. The van der Waals surface area contributed by atoms with Crippen molar-refractivity contribution in [1.82, 2.24) is 4.98 Å². The number of hydrogen-bond acceptors (Lipinski definition) is 3. The lowest BCUT2D eigenvalue weighted by atomic mass is 10.1. The van der Waals surface area contributed by atoms with E-state index in [1.54, 1.807) is 11.3 Å². The third-order valence-electron chi connectivity index (χ3n) is 3.22. The normalized spacial score (nSPS) is 14.0. The highest BCUT2D eigenvalue weighted by molar-refractivity contribution is 7.99. The number of thioether (sulfide) groups is 1. The lowest BCUT2D eigenvalue weighted by Gasteiger charge is -1.95. The predicted octanol–water partition coefficient (Wildman–Crippen LogP) is 4.61. The van der Waals surface area contributed by atoms with E-state index in [0.29, 0.717) is 0 Å². The molecule has 0 radical (unpaired) electrons. The van der Waals surface area contributed by atoms with Crippen LogP contribution < -0.4 is 0 Å². The fraction of sp³-hybridized carbons (Fsp3) is 0.133. The molecule has 0 N–H and O–H groups in total. The number of hydrogen-bond donors (Lipinski definition) is 0. The van der Waals surface area contributed by atoms with Crippen molar-refractivity contribution in [3.8, 4) is 10.4 Å². The molecule has 0 amide bonds. The van der Waals surface area contributed by atoms with Crippen molar-refractivity contribution >= 4 is 33.3 Å². The zero-order valence-corrected chi connectivity index (χ0v) is 11.4. The Balaban J connectivity index is 1.90. The number of pyridine rings is 1. The first kappa shape index (κ1) is 10.6. The minimum atomic E-state index is 1.17. The van der Waals surface area contributed by atoms with Gasteiger partial charge in [-0.3, -0.25) is 0 Å². The Bertz CT molecular complexity index is 675. The standard InChI is InChI=1S/C15H11NS2/c1-2-4-10(5-3-1)13-9-12-8-11-6-7-17-14(11)16-15(12)18-13/h1-5,8-9H,6-7H2. The molecule has 4 rings (SSSR count). The third-order valence-corrected chi connectivity index (χ3v) is 5.35. The van der Waals surface area contributed by atoms with E-state index in [9.17, 15) is 0 Å². The topological polar surface area (TPSA) is 12.9 Å². The highest BCUT2D eigenvalue weighted by Crippen LogP contribution is 2.37. The van der Waals surface area contributed by atoms with Crippen molar-refractivity contribution in [2.75, 3.05) is 5.75 Å². The van der Waals surface area contributed by atoms with Crippen molar-refractivity contribution in [1.29, 1.82) is 0 Å². The Labute approximate surface area is 114 Å². The molecule has 0 unspecified atom stereocenters. The van der Waals surface area contributed by atoms with E-state index in [0.717, 1.165) is 0 Å². The third kappa shape index (κ3) is 1.66. The molecule has 1 aromatic carbocycles. The highest BCUT2D eigenvalue weighted by atomic mass is 32.2. The van der Waals surface area contributed by atoms with Crippen LogP contribution in [0.1, 0.15) is 5.56 Å². The quantitative estimate of drug-likeness (QED) is 0.639. The number of fused-ring (bicyclic) bond motifs is 2. The van der Waals surface area contributed by atoms with Crippen LogP contribution in [0.15, 0.2) is 47.5 Å². The van der Waals surface area contributed by atoms with E-state index in [1.807, 2.05) is 11.8 Å². The molecule has 0 atom stereocenters. The number of nitrogens with zero attached hydrogens (tertiary/aromatic N) is 1. The Morgan fingerprint density at radius 1 is 1.06 bits per heavy atom. The number of rotatable bonds is 1. The van der Waals surface area contributed by atoms with Gasteiger partial charge in [0.05, 0.1) is 0 Å². The average Bonchev–Trinajstić information content (AvgIpc) is 3.01. The molecule has 0 fully saturated rings. The molecule has 1 aliphatic rings. The van der Waals surface area contributed by atoms with Gasteiger partial charge in [0.2, 0.25) is 0 Å². The van der Waals surface area contributed by atoms with Gasteiger partial charge in [0.1, 0.15) is 9.86 Å². The summed E-state index contributed by atoms with van der Waals surface area (Å²) in [7, 11) is 0. The van der Waals surface area contributed by atoms with Gasteiger partial charge in [0.15, 0.2) is 0 Å². The molecular formula is C15H11NS2. The van der Waals surface area contributed by atoms with Crippen LogP contribution in [0.5, 0.6) is 0 Å². The van der Waals surface area contributed by atoms with Gasteiger partial charge < -0.3 is 0 Å². The van der Waals surface area contributed by atoms with Crippen LogP contribution in [0.2, 0.25) is 0 Å². The van der Waals surface area contributed by atoms with Gasteiger partial charge in [-0.25, -0.2) is 4.98 Å². The second kappa shape index (κ2) is 4.11. The number of thiophene rings is 1. The second-order valence-corrected chi connectivity index (χ2v) is 6.54. The van der Waals surface area contributed by atoms with Crippen molar-refractivity contribution in [2.45, 2.75) is 11.4 Å². The first-order chi connectivity index (χ1) is 8.90. The molecule has 1 nitrogen and oxygen atoms in total. The van der Waals surface area contributed by atoms with Gasteiger partial charge in [-0.15, -0.1) is 23.1 Å². The molecule has 0 saturated heterocycles. The van der Waals surface area contributed by atoms with Gasteiger partial charge >= 0.3 is 0 Å². The monoisotopic (exact) mass is 269 g/mol. The second-order valence-electron chi connectivity index (χ2n) is 4.42. The first-order valence-corrected chi connectivity index (χ1v) is 7.82.